The average molecular weight is 157 g/mol. The third-order valence-corrected chi connectivity index (χ3v) is 2.57. The minimum absolute atomic E-state index is 0.877. The topological polar surface area (TPSA) is 12.0 Å². The first-order valence-corrected chi connectivity index (χ1v) is 4.90. The van der Waals surface area contributed by atoms with Crippen LogP contribution in [0.25, 0.3) is 0 Å². The molecule has 1 heteroatoms. The molecule has 0 aliphatic carbocycles. The zero-order valence-electron chi connectivity index (χ0n) is 8.48. The third kappa shape index (κ3) is 4.41. The second-order valence-corrected chi connectivity index (χ2v) is 3.49. The van der Waals surface area contributed by atoms with E-state index >= 15 is 0 Å². The van der Waals surface area contributed by atoms with Gasteiger partial charge in [0, 0.05) is 0 Å². The van der Waals surface area contributed by atoms with Crippen LogP contribution in [0.15, 0.2) is 0 Å². The van der Waals surface area contributed by atoms with Gasteiger partial charge in [-0.15, -0.1) is 0 Å². The highest BCUT2D eigenvalue weighted by molar-refractivity contribution is 4.66. The van der Waals surface area contributed by atoms with Gasteiger partial charge in [-0.05, 0) is 31.8 Å². The molecule has 1 nitrogen and oxygen atoms in total. The molecule has 0 fully saturated rings. The standard InChI is InChI=1S/C10H23N/c1-5-7-10(8-11-4)9(3)6-2/h9-11H,5-8H2,1-4H3. The quantitative estimate of drug-likeness (QED) is 0.625. The van der Waals surface area contributed by atoms with Gasteiger partial charge < -0.3 is 5.32 Å². The molecule has 68 valence electrons. The summed E-state index contributed by atoms with van der Waals surface area (Å²) in [6, 6.07) is 0. The molecule has 0 radical (unpaired) electrons. The van der Waals surface area contributed by atoms with Crippen molar-refractivity contribution in [3.8, 4) is 0 Å². The Balaban J connectivity index is 3.66. The molecule has 0 bridgehead atoms. The van der Waals surface area contributed by atoms with E-state index in [1.54, 1.807) is 0 Å². The van der Waals surface area contributed by atoms with Gasteiger partial charge >= 0.3 is 0 Å². The highest BCUT2D eigenvalue weighted by Crippen LogP contribution is 2.19. The lowest BCUT2D eigenvalue weighted by atomic mass is 9.88. The maximum atomic E-state index is 3.27. The van der Waals surface area contributed by atoms with Crippen LogP contribution in [0.5, 0.6) is 0 Å². The van der Waals surface area contributed by atoms with Gasteiger partial charge in [0.05, 0.1) is 0 Å². The van der Waals surface area contributed by atoms with Gasteiger partial charge in [-0.3, -0.25) is 0 Å². The molecule has 2 unspecified atom stereocenters. The zero-order valence-corrected chi connectivity index (χ0v) is 8.48. The second kappa shape index (κ2) is 6.66. The number of rotatable bonds is 6. The maximum Gasteiger partial charge on any atom is -0.00210 e. The molecule has 0 amide bonds. The summed E-state index contributed by atoms with van der Waals surface area (Å²) in [5.41, 5.74) is 0. The number of hydrogen-bond donors (Lipinski definition) is 1. The van der Waals surface area contributed by atoms with E-state index in [9.17, 15) is 0 Å². The van der Waals surface area contributed by atoms with Crippen LogP contribution in [0.2, 0.25) is 0 Å². The molecule has 0 aromatic carbocycles. The molecule has 0 rings (SSSR count). The highest BCUT2D eigenvalue weighted by Gasteiger charge is 2.12. The van der Waals surface area contributed by atoms with Crippen LogP contribution in [0.4, 0.5) is 0 Å². The van der Waals surface area contributed by atoms with Crippen molar-refractivity contribution < 1.29 is 0 Å². The summed E-state index contributed by atoms with van der Waals surface area (Å²) >= 11 is 0. The molecule has 11 heavy (non-hydrogen) atoms. The zero-order chi connectivity index (χ0) is 8.69. The Morgan fingerprint density at radius 1 is 1.27 bits per heavy atom. The molecular formula is C10H23N. The lowest BCUT2D eigenvalue weighted by molar-refractivity contribution is 0.317. The van der Waals surface area contributed by atoms with Crippen molar-refractivity contribution in [1.29, 1.82) is 0 Å². The Labute approximate surface area is 71.6 Å². The van der Waals surface area contributed by atoms with Crippen LogP contribution < -0.4 is 5.32 Å². The largest absolute Gasteiger partial charge is 0.319 e. The van der Waals surface area contributed by atoms with Gasteiger partial charge in [-0.1, -0.05) is 33.6 Å². The van der Waals surface area contributed by atoms with Crippen LogP contribution in [0.3, 0.4) is 0 Å². The van der Waals surface area contributed by atoms with Gasteiger partial charge in [-0.2, -0.15) is 0 Å². The Morgan fingerprint density at radius 2 is 1.91 bits per heavy atom. The fourth-order valence-corrected chi connectivity index (χ4v) is 1.55. The van der Waals surface area contributed by atoms with E-state index in [0.717, 1.165) is 11.8 Å². The summed E-state index contributed by atoms with van der Waals surface area (Å²) in [4.78, 5) is 0. The Bertz CT molecular complexity index is 74.9. The predicted molar refractivity (Wildman–Crippen MR) is 51.8 cm³/mol. The van der Waals surface area contributed by atoms with Crippen molar-refractivity contribution in [2.75, 3.05) is 13.6 Å². The molecular weight excluding hydrogens is 134 g/mol. The van der Waals surface area contributed by atoms with Crippen molar-refractivity contribution in [3.63, 3.8) is 0 Å². The van der Waals surface area contributed by atoms with Crippen molar-refractivity contribution in [3.05, 3.63) is 0 Å². The third-order valence-electron chi connectivity index (χ3n) is 2.57. The first-order valence-electron chi connectivity index (χ1n) is 4.90. The fourth-order valence-electron chi connectivity index (χ4n) is 1.55. The van der Waals surface area contributed by atoms with E-state index in [1.165, 1.54) is 25.8 Å². The second-order valence-electron chi connectivity index (χ2n) is 3.49. The van der Waals surface area contributed by atoms with E-state index in [-0.39, 0.29) is 0 Å². The molecule has 0 aliphatic heterocycles. The summed E-state index contributed by atoms with van der Waals surface area (Å²) in [6.45, 7) is 8.09. The average Bonchev–Trinajstić information content (AvgIpc) is 2.03. The summed E-state index contributed by atoms with van der Waals surface area (Å²) in [6.07, 6.45) is 4.00. The van der Waals surface area contributed by atoms with E-state index in [4.69, 9.17) is 0 Å². The van der Waals surface area contributed by atoms with Gasteiger partial charge in [0.25, 0.3) is 0 Å². The molecule has 2 atom stereocenters. The van der Waals surface area contributed by atoms with Gasteiger partial charge in [0.15, 0.2) is 0 Å². The highest BCUT2D eigenvalue weighted by atomic mass is 14.8. The van der Waals surface area contributed by atoms with E-state index in [1.807, 2.05) is 7.05 Å². The number of nitrogens with one attached hydrogen (secondary N) is 1. The van der Waals surface area contributed by atoms with Gasteiger partial charge in [0.1, 0.15) is 0 Å². The molecule has 0 saturated heterocycles. The lowest BCUT2D eigenvalue weighted by Gasteiger charge is -2.21. The molecule has 0 saturated carbocycles. The lowest BCUT2D eigenvalue weighted by Crippen LogP contribution is -2.24. The van der Waals surface area contributed by atoms with E-state index in [2.05, 4.69) is 26.1 Å². The SMILES string of the molecule is CCCC(CNC)C(C)CC. The number of hydrogen-bond acceptors (Lipinski definition) is 1. The maximum absolute atomic E-state index is 3.27. The first-order chi connectivity index (χ1) is 5.26. The van der Waals surface area contributed by atoms with Crippen molar-refractivity contribution in [1.82, 2.24) is 5.32 Å². The van der Waals surface area contributed by atoms with E-state index in [0.29, 0.717) is 0 Å². The molecule has 0 spiro atoms. The summed E-state index contributed by atoms with van der Waals surface area (Å²) < 4.78 is 0. The summed E-state index contributed by atoms with van der Waals surface area (Å²) in [7, 11) is 2.05. The van der Waals surface area contributed by atoms with Crippen LogP contribution >= 0.6 is 0 Å². The van der Waals surface area contributed by atoms with E-state index < -0.39 is 0 Å². The monoisotopic (exact) mass is 157 g/mol. The van der Waals surface area contributed by atoms with Crippen molar-refractivity contribution in [2.45, 2.75) is 40.0 Å². The minimum Gasteiger partial charge on any atom is -0.319 e. The first kappa shape index (κ1) is 11.0. The van der Waals surface area contributed by atoms with Crippen molar-refractivity contribution in [2.24, 2.45) is 11.8 Å². The molecule has 0 aliphatic rings. The summed E-state index contributed by atoms with van der Waals surface area (Å²) in [5.74, 6) is 1.76. The summed E-state index contributed by atoms with van der Waals surface area (Å²) in [5, 5.41) is 3.27. The van der Waals surface area contributed by atoms with Crippen LogP contribution in [-0.2, 0) is 0 Å². The van der Waals surface area contributed by atoms with Crippen LogP contribution in [0, 0.1) is 11.8 Å². The smallest absolute Gasteiger partial charge is 0.00210 e. The normalized spacial score (nSPS) is 16.4. The molecule has 0 aromatic rings. The Morgan fingerprint density at radius 3 is 2.27 bits per heavy atom. The Hall–Kier alpha value is -0.0400. The van der Waals surface area contributed by atoms with Crippen LogP contribution in [0.1, 0.15) is 40.0 Å². The van der Waals surface area contributed by atoms with Crippen molar-refractivity contribution >= 4 is 0 Å². The molecule has 0 heterocycles. The van der Waals surface area contributed by atoms with Gasteiger partial charge in [0.2, 0.25) is 0 Å². The van der Waals surface area contributed by atoms with Crippen LogP contribution in [-0.4, -0.2) is 13.6 Å². The van der Waals surface area contributed by atoms with Gasteiger partial charge in [-0.25, -0.2) is 0 Å². The molecule has 0 aromatic heterocycles. The molecule has 1 N–H and O–H groups in total. The minimum atomic E-state index is 0.877. The Kier molecular flexibility index (Phi) is 6.63. The fraction of sp³-hybridized carbons (Fsp3) is 1.00. The predicted octanol–water partition coefficient (Wildman–Crippen LogP) is 2.67.